The number of nitrogens with zero attached hydrogens (tertiary/aromatic N) is 2. The van der Waals surface area contributed by atoms with Crippen molar-refractivity contribution in [2.75, 3.05) is 6.79 Å². The van der Waals surface area contributed by atoms with Crippen LogP contribution >= 0.6 is 11.3 Å². The number of amides is 1. The van der Waals surface area contributed by atoms with Crippen LogP contribution in [0.4, 0.5) is 0 Å². The van der Waals surface area contributed by atoms with Crippen molar-refractivity contribution in [2.45, 2.75) is 26.9 Å². The van der Waals surface area contributed by atoms with Gasteiger partial charge in [0.2, 0.25) is 12.7 Å². The molecule has 3 aromatic rings. The van der Waals surface area contributed by atoms with Crippen molar-refractivity contribution >= 4 is 27.5 Å². The lowest BCUT2D eigenvalue weighted by atomic mass is 10.2. The summed E-state index contributed by atoms with van der Waals surface area (Å²) in [5.41, 5.74) is 1.64. The van der Waals surface area contributed by atoms with Gasteiger partial charge >= 0.3 is 0 Å². The summed E-state index contributed by atoms with van der Waals surface area (Å²) >= 11 is 1.49. The van der Waals surface area contributed by atoms with Crippen LogP contribution in [0.15, 0.2) is 29.3 Å². The molecular weight excluding hydrogens is 354 g/mol. The van der Waals surface area contributed by atoms with Crippen molar-refractivity contribution in [1.29, 1.82) is 0 Å². The summed E-state index contributed by atoms with van der Waals surface area (Å²) in [5.74, 6) is 1.12. The molecule has 0 saturated carbocycles. The molecule has 1 aliphatic heterocycles. The maximum Gasteiger partial charge on any atom is 0.262 e. The predicted molar refractivity (Wildman–Crippen MR) is 97.8 cm³/mol. The number of benzene rings is 1. The Labute approximate surface area is 153 Å². The van der Waals surface area contributed by atoms with E-state index in [-0.39, 0.29) is 24.8 Å². The number of rotatable bonds is 4. The Morgan fingerprint density at radius 1 is 1.31 bits per heavy atom. The monoisotopic (exact) mass is 371 g/mol. The van der Waals surface area contributed by atoms with Crippen LogP contribution in [0.5, 0.6) is 11.5 Å². The highest BCUT2D eigenvalue weighted by atomic mass is 32.1. The van der Waals surface area contributed by atoms with E-state index in [1.54, 1.807) is 0 Å². The van der Waals surface area contributed by atoms with Crippen molar-refractivity contribution in [3.05, 3.63) is 50.9 Å². The van der Waals surface area contributed by atoms with E-state index in [4.69, 9.17) is 9.47 Å². The number of carbonyl (C=O) groups excluding carboxylic acids is 1. The third-order valence-corrected chi connectivity index (χ3v) is 5.51. The summed E-state index contributed by atoms with van der Waals surface area (Å²) in [6.07, 6.45) is 1.43. The maximum atomic E-state index is 12.6. The average Bonchev–Trinajstić information content (AvgIpc) is 3.20. The first-order valence-electron chi connectivity index (χ1n) is 8.13. The molecule has 0 bridgehead atoms. The second-order valence-corrected chi connectivity index (χ2v) is 7.31. The fraction of sp³-hybridized carbons (Fsp3) is 0.278. The number of fused-ring (bicyclic) bond motifs is 2. The van der Waals surface area contributed by atoms with E-state index < -0.39 is 0 Å². The van der Waals surface area contributed by atoms with Gasteiger partial charge in [-0.2, -0.15) is 0 Å². The predicted octanol–water partition coefficient (Wildman–Crippen LogP) is 2.12. The molecule has 2 aromatic heterocycles. The standard InChI is InChI=1S/C18H17N3O4S/c1-10-11(2)26-17-16(10)18(23)21(8-20-17)7-15(22)19-6-12-3-4-13-14(5-12)25-9-24-13/h3-5,8H,6-7,9H2,1-2H3,(H,19,22). The highest BCUT2D eigenvalue weighted by Gasteiger charge is 2.15. The molecule has 0 radical (unpaired) electrons. The summed E-state index contributed by atoms with van der Waals surface area (Å²) in [6, 6.07) is 5.51. The largest absolute Gasteiger partial charge is 0.454 e. The molecule has 1 amide bonds. The van der Waals surface area contributed by atoms with Crippen LogP contribution in [0, 0.1) is 13.8 Å². The van der Waals surface area contributed by atoms with E-state index in [0.29, 0.717) is 28.3 Å². The van der Waals surface area contributed by atoms with Crippen LogP contribution in [0.1, 0.15) is 16.0 Å². The lowest BCUT2D eigenvalue weighted by molar-refractivity contribution is -0.121. The number of ether oxygens (including phenoxy) is 2. The van der Waals surface area contributed by atoms with Crippen molar-refractivity contribution in [3.8, 4) is 11.5 Å². The van der Waals surface area contributed by atoms with Crippen LogP contribution in [0.3, 0.4) is 0 Å². The lowest BCUT2D eigenvalue weighted by Crippen LogP contribution is -2.32. The van der Waals surface area contributed by atoms with Crippen LogP contribution in [0.25, 0.3) is 10.2 Å². The summed E-state index contributed by atoms with van der Waals surface area (Å²) in [6.45, 7) is 4.35. The van der Waals surface area contributed by atoms with Gasteiger partial charge in [-0.1, -0.05) is 6.07 Å². The topological polar surface area (TPSA) is 82.5 Å². The number of nitrogens with one attached hydrogen (secondary N) is 1. The molecule has 8 heteroatoms. The SMILES string of the molecule is Cc1sc2ncn(CC(=O)NCc3ccc4c(c3)OCO4)c(=O)c2c1C. The number of carbonyl (C=O) groups is 1. The summed E-state index contributed by atoms with van der Waals surface area (Å²) in [7, 11) is 0. The maximum absolute atomic E-state index is 12.6. The average molecular weight is 371 g/mol. The van der Waals surface area contributed by atoms with Gasteiger partial charge in [-0.05, 0) is 37.1 Å². The zero-order valence-electron chi connectivity index (χ0n) is 14.4. The second-order valence-electron chi connectivity index (χ2n) is 6.11. The first kappa shape index (κ1) is 16.6. The Balaban J connectivity index is 1.46. The van der Waals surface area contributed by atoms with Crippen LogP contribution in [-0.2, 0) is 17.9 Å². The molecule has 1 N–H and O–H groups in total. The van der Waals surface area contributed by atoms with Crippen molar-refractivity contribution in [1.82, 2.24) is 14.9 Å². The van der Waals surface area contributed by atoms with Gasteiger partial charge in [-0.25, -0.2) is 4.98 Å². The molecule has 4 rings (SSSR count). The zero-order chi connectivity index (χ0) is 18.3. The first-order valence-corrected chi connectivity index (χ1v) is 8.95. The zero-order valence-corrected chi connectivity index (χ0v) is 15.2. The van der Waals surface area contributed by atoms with Gasteiger partial charge < -0.3 is 14.8 Å². The van der Waals surface area contributed by atoms with E-state index in [1.165, 1.54) is 22.2 Å². The fourth-order valence-corrected chi connectivity index (χ4v) is 3.83. The minimum atomic E-state index is -0.254. The molecule has 134 valence electrons. The van der Waals surface area contributed by atoms with E-state index in [0.717, 1.165) is 16.0 Å². The minimum Gasteiger partial charge on any atom is -0.454 e. The number of hydrogen-bond donors (Lipinski definition) is 1. The Morgan fingerprint density at radius 2 is 2.12 bits per heavy atom. The second kappa shape index (κ2) is 6.45. The van der Waals surface area contributed by atoms with Crippen molar-refractivity contribution in [3.63, 3.8) is 0 Å². The molecule has 0 atom stereocenters. The third-order valence-electron chi connectivity index (χ3n) is 4.40. The summed E-state index contributed by atoms with van der Waals surface area (Å²) in [5, 5.41) is 3.41. The van der Waals surface area contributed by atoms with Gasteiger partial charge in [-0.15, -0.1) is 11.3 Å². The Morgan fingerprint density at radius 3 is 2.96 bits per heavy atom. The smallest absolute Gasteiger partial charge is 0.262 e. The van der Waals surface area contributed by atoms with Gasteiger partial charge in [0.15, 0.2) is 11.5 Å². The molecule has 0 aliphatic carbocycles. The number of aromatic nitrogens is 2. The molecule has 26 heavy (non-hydrogen) atoms. The van der Waals surface area contributed by atoms with E-state index in [2.05, 4.69) is 10.3 Å². The normalized spacial score (nSPS) is 12.5. The Hall–Kier alpha value is -2.87. The molecule has 0 saturated heterocycles. The van der Waals surface area contributed by atoms with Gasteiger partial charge in [0.1, 0.15) is 11.4 Å². The van der Waals surface area contributed by atoms with Crippen molar-refractivity contribution in [2.24, 2.45) is 0 Å². The lowest BCUT2D eigenvalue weighted by Gasteiger charge is -2.08. The molecule has 1 aromatic carbocycles. The van der Waals surface area contributed by atoms with Gasteiger partial charge in [-0.3, -0.25) is 14.2 Å². The molecule has 7 nitrogen and oxygen atoms in total. The van der Waals surface area contributed by atoms with Crippen LogP contribution in [-0.4, -0.2) is 22.3 Å². The Bertz CT molecular complexity index is 1070. The number of thiophene rings is 1. The highest BCUT2D eigenvalue weighted by molar-refractivity contribution is 7.18. The summed E-state index contributed by atoms with van der Waals surface area (Å²) in [4.78, 5) is 30.9. The van der Waals surface area contributed by atoms with E-state index in [9.17, 15) is 9.59 Å². The molecule has 0 fully saturated rings. The first-order chi connectivity index (χ1) is 12.5. The van der Waals surface area contributed by atoms with Gasteiger partial charge in [0.25, 0.3) is 5.56 Å². The number of aryl methyl sites for hydroxylation is 2. The molecule has 0 spiro atoms. The number of hydrogen-bond acceptors (Lipinski definition) is 6. The van der Waals surface area contributed by atoms with Gasteiger partial charge in [0.05, 0.1) is 11.7 Å². The molecular formula is C18H17N3O4S. The van der Waals surface area contributed by atoms with E-state index >= 15 is 0 Å². The fourth-order valence-electron chi connectivity index (χ4n) is 2.84. The summed E-state index contributed by atoms with van der Waals surface area (Å²) < 4.78 is 11.9. The Kier molecular flexibility index (Phi) is 4.12. The van der Waals surface area contributed by atoms with Crippen LogP contribution in [0.2, 0.25) is 0 Å². The molecule has 1 aliphatic rings. The third kappa shape index (κ3) is 2.92. The highest BCUT2D eigenvalue weighted by Crippen LogP contribution is 2.32. The molecule has 0 unspecified atom stereocenters. The quantitative estimate of drug-likeness (QED) is 0.760. The van der Waals surface area contributed by atoms with Gasteiger partial charge in [0, 0.05) is 11.4 Å². The van der Waals surface area contributed by atoms with Crippen molar-refractivity contribution < 1.29 is 14.3 Å². The minimum absolute atomic E-state index is 0.0688. The molecule has 3 heterocycles. The van der Waals surface area contributed by atoms with Crippen LogP contribution < -0.4 is 20.3 Å². The van der Waals surface area contributed by atoms with E-state index in [1.807, 2.05) is 32.0 Å².